The lowest BCUT2D eigenvalue weighted by molar-refractivity contribution is -0.141. The molecule has 4 rings (SSSR count). The van der Waals surface area contributed by atoms with Gasteiger partial charge in [0, 0.05) is 23.0 Å². The summed E-state index contributed by atoms with van der Waals surface area (Å²) in [5.74, 6) is -0.644. The molecule has 0 bridgehead atoms. The molecule has 1 atom stereocenters. The van der Waals surface area contributed by atoms with Crippen LogP contribution in [0.3, 0.4) is 0 Å². The number of alkyl halides is 3. The number of fused-ring (bicyclic) bond motifs is 1. The van der Waals surface area contributed by atoms with E-state index in [4.69, 9.17) is 15.7 Å². The molecule has 0 aliphatic heterocycles. The number of nitrogens with two attached hydrogens (primary N) is 3. The minimum absolute atomic E-state index is 0.0231. The van der Waals surface area contributed by atoms with Crippen LogP contribution in [0.1, 0.15) is 81.4 Å². The summed E-state index contributed by atoms with van der Waals surface area (Å²) in [7, 11) is -1.84. The number of amides is 1. The van der Waals surface area contributed by atoms with Crippen LogP contribution < -0.4 is 16.6 Å². The zero-order chi connectivity index (χ0) is 26.2. The standard InChI is InChI=1S/C12H13F3N2.C6H10FN3OS.C2H6.CH3NO/c13-12(14,15)11-9(6-4-5-6)10(16)7-2-1-3-8(7)17-11;1-4(2)10-3-5(7)6(9-10)12(8)11;1-2;2-1-3/h6H,1-5H2,(H2,16,17);3-4H,8H2,1-2H3;1-2H3;1H,(H2,2,3). The third-order valence-electron chi connectivity index (χ3n) is 4.94. The predicted molar refractivity (Wildman–Crippen MR) is 122 cm³/mol. The summed E-state index contributed by atoms with van der Waals surface area (Å²) in [6.45, 7) is 7.69. The minimum atomic E-state index is -4.39. The molecule has 1 unspecified atom stereocenters. The van der Waals surface area contributed by atoms with E-state index in [1.165, 1.54) is 10.9 Å². The number of aromatic nitrogens is 3. The second kappa shape index (κ2) is 12.8. The Bertz CT molecular complexity index is 991. The van der Waals surface area contributed by atoms with Crippen LogP contribution in [-0.4, -0.2) is 25.4 Å². The normalized spacial score (nSPS) is 15.1. The Morgan fingerprint density at radius 1 is 1.24 bits per heavy atom. The van der Waals surface area contributed by atoms with E-state index in [0.29, 0.717) is 17.8 Å². The van der Waals surface area contributed by atoms with Crippen molar-refractivity contribution in [3.8, 4) is 0 Å². The van der Waals surface area contributed by atoms with Gasteiger partial charge in [0.15, 0.2) is 10.8 Å². The van der Waals surface area contributed by atoms with Gasteiger partial charge in [-0.15, -0.1) is 0 Å². The zero-order valence-corrected chi connectivity index (χ0v) is 20.5. The van der Waals surface area contributed by atoms with Crippen molar-refractivity contribution >= 4 is 23.1 Å². The van der Waals surface area contributed by atoms with E-state index in [0.717, 1.165) is 31.2 Å². The van der Waals surface area contributed by atoms with Gasteiger partial charge >= 0.3 is 6.18 Å². The van der Waals surface area contributed by atoms with Gasteiger partial charge in [-0.05, 0) is 57.4 Å². The Balaban J connectivity index is 0.000000299. The number of nitrogens with zero attached hydrogens (tertiary/aromatic N) is 3. The molecule has 2 aromatic rings. The summed E-state index contributed by atoms with van der Waals surface area (Å²) >= 11 is 0. The molecular weight excluding hydrogens is 476 g/mol. The molecule has 2 aliphatic rings. The Hall–Kier alpha value is -2.54. The minimum Gasteiger partial charge on any atom is -0.398 e. The summed E-state index contributed by atoms with van der Waals surface area (Å²) in [6, 6.07) is 0.0387. The van der Waals surface area contributed by atoms with Crippen molar-refractivity contribution in [1.29, 1.82) is 0 Å². The number of carbonyl (C=O) groups excluding carboxylic acids is 1. The number of hydrogen-bond acceptors (Lipinski definition) is 5. The van der Waals surface area contributed by atoms with Gasteiger partial charge in [-0.3, -0.25) is 9.48 Å². The maximum absolute atomic E-state index is 13.0. The smallest absolute Gasteiger partial charge is 0.398 e. The van der Waals surface area contributed by atoms with E-state index in [2.05, 4.69) is 15.8 Å². The van der Waals surface area contributed by atoms with Gasteiger partial charge in [0.25, 0.3) is 0 Å². The highest BCUT2D eigenvalue weighted by Crippen LogP contribution is 2.49. The first-order chi connectivity index (χ1) is 15.9. The second-order valence-corrected chi connectivity index (χ2v) is 8.61. The van der Waals surface area contributed by atoms with E-state index >= 15 is 0 Å². The number of rotatable bonds is 3. The molecule has 6 N–H and O–H groups in total. The van der Waals surface area contributed by atoms with Crippen LogP contribution in [0, 0.1) is 5.82 Å². The SMILES string of the molecule is CC.CC(C)n1cc(F)c(S(N)=O)n1.NC=O.Nc1c2c(nc(C(F)(F)F)c1C1CC1)CCC2. The van der Waals surface area contributed by atoms with E-state index in [-0.39, 0.29) is 29.0 Å². The number of halogens is 4. The molecule has 2 aliphatic carbocycles. The van der Waals surface area contributed by atoms with Gasteiger partial charge in [-0.25, -0.2) is 18.7 Å². The first kappa shape index (κ1) is 29.5. The van der Waals surface area contributed by atoms with Crippen molar-refractivity contribution in [2.75, 3.05) is 5.73 Å². The number of carbonyl (C=O) groups is 1. The third-order valence-corrected chi connectivity index (χ3v) is 5.59. The molecule has 0 radical (unpaired) electrons. The lowest BCUT2D eigenvalue weighted by Crippen LogP contribution is -2.16. The summed E-state index contributed by atoms with van der Waals surface area (Å²) < 4.78 is 63.8. The highest BCUT2D eigenvalue weighted by molar-refractivity contribution is 7.82. The van der Waals surface area contributed by atoms with Crippen LogP contribution in [0.15, 0.2) is 11.2 Å². The Morgan fingerprint density at radius 3 is 2.18 bits per heavy atom. The lowest BCUT2D eigenvalue weighted by atomic mass is 10.0. The summed E-state index contributed by atoms with van der Waals surface area (Å²) in [5.41, 5.74) is 11.4. The number of pyridine rings is 1. The molecule has 1 amide bonds. The first-order valence-corrected chi connectivity index (χ1v) is 12.1. The highest BCUT2D eigenvalue weighted by atomic mass is 32.2. The molecule has 2 aromatic heterocycles. The van der Waals surface area contributed by atoms with E-state index < -0.39 is 28.7 Å². The number of primary amides is 1. The Kier molecular flexibility index (Phi) is 11.1. The van der Waals surface area contributed by atoms with Crippen molar-refractivity contribution in [3.63, 3.8) is 0 Å². The fourth-order valence-corrected chi connectivity index (χ4v) is 3.80. The largest absolute Gasteiger partial charge is 0.433 e. The van der Waals surface area contributed by atoms with Crippen molar-refractivity contribution in [1.82, 2.24) is 14.8 Å². The van der Waals surface area contributed by atoms with Gasteiger partial charge in [-0.1, -0.05) is 13.8 Å². The molecule has 192 valence electrons. The van der Waals surface area contributed by atoms with Crippen LogP contribution in [0.5, 0.6) is 0 Å². The van der Waals surface area contributed by atoms with Crippen molar-refractivity contribution in [2.45, 2.75) is 83.0 Å². The lowest BCUT2D eigenvalue weighted by Gasteiger charge is -2.17. The molecule has 0 aromatic carbocycles. The molecule has 13 heteroatoms. The van der Waals surface area contributed by atoms with E-state index in [1.807, 2.05) is 27.7 Å². The van der Waals surface area contributed by atoms with Gasteiger partial charge < -0.3 is 11.5 Å². The van der Waals surface area contributed by atoms with Gasteiger partial charge in [0.05, 0.1) is 6.20 Å². The van der Waals surface area contributed by atoms with Crippen molar-refractivity contribution in [2.24, 2.45) is 10.9 Å². The fraction of sp³-hybridized carbons (Fsp3) is 0.571. The molecule has 0 spiro atoms. The van der Waals surface area contributed by atoms with Crippen LogP contribution in [-0.2, 0) is 34.8 Å². The fourth-order valence-electron chi connectivity index (χ4n) is 3.38. The average molecular weight is 509 g/mol. The average Bonchev–Trinajstić information content (AvgIpc) is 3.32. The number of anilines is 1. The maximum atomic E-state index is 13.0. The van der Waals surface area contributed by atoms with Gasteiger partial charge in [0.2, 0.25) is 6.41 Å². The zero-order valence-electron chi connectivity index (χ0n) is 19.7. The summed E-state index contributed by atoms with van der Waals surface area (Å²) in [5, 5.41) is 8.52. The van der Waals surface area contributed by atoms with Gasteiger partial charge in [-0.2, -0.15) is 18.3 Å². The molecule has 0 saturated heterocycles. The molecular formula is C21H32F4N6O2S. The van der Waals surface area contributed by atoms with Crippen LogP contribution in [0.2, 0.25) is 0 Å². The van der Waals surface area contributed by atoms with Crippen molar-refractivity contribution < 1.29 is 26.6 Å². The third kappa shape index (κ3) is 7.49. The monoisotopic (exact) mass is 508 g/mol. The number of aryl methyl sites for hydroxylation is 1. The molecule has 34 heavy (non-hydrogen) atoms. The topological polar surface area (TPSA) is 143 Å². The maximum Gasteiger partial charge on any atom is 0.433 e. The van der Waals surface area contributed by atoms with Crippen LogP contribution >= 0.6 is 0 Å². The molecule has 1 saturated carbocycles. The van der Waals surface area contributed by atoms with Crippen molar-refractivity contribution in [3.05, 3.63) is 34.5 Å². The summed E-state index contributed by atoms with van der Waals surface area (Å²) in [6.07, 6.45) is 0.896. The summed E-state index contributed by atoms with van der Waals surface area (Å²) in [4.78, 5) is 12.4. The molecule has 8 nitrogen and oxygen atoms in total. The Morgan fingerprint density at radius 2 is 1.79 bits per heavy atom. The Labute approximate surface area is 198 Å². The number of hydrogen-bond donors (Lipinski definition) is 3. The quantitative estimate of drug-likeness (QED) is 0.427. The molecule has 2 heterocycles. The van der Waals surface area contributed by atoms with Gasteiger partial charge in [0.1, 0.15) is 16.7 Å². The molecule has 1 fully saturated rings. The van der Waals surface area contributed by atoms with Crippen LogP contribution in [0.4, 0.5) is 23.2 Å². The van der Waals surface area contributed by atoms with E-state index in [9.17, 15) is 21.8 Å². The second-order valence-electron chi connectivity index (χ2n) is 7.63. The van der Waals surface area contributed by atoms with Crippen LogP contribution in [0.25, 0.3) is 0 Å². The number of nitrogen functional groups attached to an aromatic ring is 1. The van der Waals surface area contributed by atoms with E-state index in [1.54, 1.807) is 0 Å². The first-order valence-electron chi connectivity index (χ1n) is 10.9. The highest BCUT2D eigenvalue weighted by Gasteiger charge is 2.42. The predicted octanol–water partition coefficient (Wildman–Crippen LogP) is 3.76.